The first kappa shape index (κ1) is 79.3. The molecule has 0 aromatic heterocycles. The summed E-state index contributed by atoms with van der Waals surface area (Å²) in [5, 5.41) is 87.1. The van der Waals surface area contributed by atoms with Crippen LogP contribution in [-0.4, -0.2) is 140 Å². The van der Waals surface area contributed by atoms with Crippen LogP contribution < -0.4 is 5.32 Å². The highest BCUT2D eigenvalue weighted by Gasteiger charge is 2.51. The van der Waals surface area contributed by atoms with Gasteiger partial charge in [0, 0.05) is 6.42 Å². The van der Waals surface area contributed by atoms with Crippen molar-refractivity contribution in [1.82, 2.24) is 5.32 Å². The van der Waals surface area contributed by atoms with Crippen LogP contribution in [0.15, 0.2) is 36.5 Å². The van der Waals surface area contributed by atoms with Crippen molar-refractivity contribution in [2.24, 2.45) is 0 Å². The Morgan fingerprint density at radius 1 is 0.412 bits per heavy atom. The molecule has 2 heterocycles. The number of amides is 1. The highest BCUT2D eigenvalue weighted by molar-refractivity contribution is 5.76. The van der Waals surface area contributed by atoms with Crippen LogP contribution in [0.2, 0.25) is 0 Å². The highest BCUT2D eigenvalue weighted by Crippen LogP contribution is 2.30. The van der Waals surface area contributed by atoms with E-state index in [2.05, 4.69) is 43.5 Å². The summed E-state index contributed by atoms with van der Waals surface area (Å²) in [6.45, 7) is 2.75. The molecule has 2 aliphatic rings. The Kier molecular flexibility index (Phi) is 52.4. The van der Waals surface area contributed by atoms with Gasteiger partial charge in [-0.1, -0.05) is 307 Å². The number of unbranched alkanes of at least 4 members (excludes halogenated alkanes) is 42. The fourth-order valence-corrected chi connectivity index (χ4v) is 11.8. The normalized spacial score (nSPS) is 23.7. The fourth-order valence-electron chi connectivity index (χ4n) is 11.8. The first-order chi connectivity index (χ1) is 41.6. The third kappa shape index (κ3) is 40.5. The van der Waals surface area contributed by atoms with Crippen LogP contribution in [-0.2, 0) is 23.7 Å². The summed E-state index contributed by atoms with van der Waals surface area (Å²) in [4.78, 5) is 13.3. The molecule has 0 radical (unpaired) electrons. The average molecular weight is 1210 g/mol. The minimum atomic E-state index is -1.79. The van der Waals surface area contributed by atoms with Crippen molar-refractivity contribution >= 4 is 5.91 Å². The number of ether oxygens (including phenoxy) is 4. The van der Waals surface area contributed by atoms with Crippen LogP contribution in [0, 0.1) is 0 Å². The Hall–Kier alpha value is -1.79. The quantitative estimate of drug-likeness (QED) is 0.0204. The lowest BCUT2D eigenvalue weighted by Crippen LogP contribution is -2.65. The lowest BCUT2D eigenvalue weighted by atomic mass is 9.97. The Morgan fingerprint density at radius 3 is 1.14 bits per heavy atom. The zero-order valence-electron chi connectivity index (χ0n) is 54.4. The maximum Gasteiger partial charge on any atom is 0.220 e. The first-order valence-electron chi connectivity index (χ1n) is 35.7. The van der Waals surface area contributed by atoms with Gasteiger partial charge in [-0.05, 0) is 38.5 Å². The molecule has 1 amide bonds. The van der Waals surface area contributed by atoms with Gasteiger partial charge in [-0.15, -0.1) is 0 Å². The van der Waals surface area contributed by atoms with Gasteiger partial charge in [0.1, 0.15) is 48.8 Å². The lowest BCUT2D eigenvalue weighted by Gasteiger charge is -2.46. The fraction of sp³-hybridized carbons (Fsp3) is 0.901. The van der Waals surface area contributed by atoms with Crippen molar-refractivity contribution < 1.29 is 64.6 Å². The van der Waals surface area contributed by atoms with Gasteiger partial charge in [0.15, 0.2) is 12.6 Å². The van der Waals surface area contributed by atoms with Gasteiger partial charge < -0.3 is 65.1 Å². The number of aliphatic hydroxyl groups excluding tert-OH is 8. The third-order valence-corrected chi connectivity index (χ3v) is 17.6. The molecule has 12 atom stereocenters. The Bertz CT molecular complexity index is 1560. The molecule has 2 aliphatic heterocycles. The molecule has 500 valence electrons. The van der Waals surface area contributed by atoms with E-state index in [1.165, 1.54) is 238 Å². The van der Waals surface area contributed by atoms with Crippen molar-refractivity contribution in [3.63, 3.8) is 0 Å². The minimum absolute atomic E-state index is 0.249. The molecular weight excluding hydrogens is 1070 g/mol. The van der Waals surface area contributed by atoms with E-state index in [-0.39, 0.29) is 18.9 Å². The van der Waals surface area contributed by atoms with Gasteiger partial charge in [-0.3, -0.25) is 4.79 Å². The molecule has 0 aromatic rings. The molecule has 2 saturated heterocycles. The van der Waals surface area contributed by atoms with Crippen LogP contribution in [0.5, 0.6) is 0 Å². The number of allylic oxidation sites excluding steroid dienone is 5. The standard InChI is InChI=1S/C71H133NO13/c1-3-5-7-9-11-13-15-17-18-19-20-21-22-23-24-25-26-27-28-29-30-31-32-33-34-35-36-37-38-39-40-41-42-43-45-47-49-51-53-55-63(76)72-59(60(75)54-52-50-48-46-44-16-14-12-10-8-6-4-2)58-82-70-68(81)66(79)69(62(57-74)84-70)85-71-67(80)65(78)64(77)61(56-73)83-71/h10,12,44,46,52,54,59-62,64-71,73-75,77-81H,3-9,11,13-43,45,47-51,53,55-58H2,1-2H3,(H,72,76)/b12-10+,46-44+,54-52+. The van der Waals surface area contributed by atoms with E-state index in [0.717, 1.165) is 44.9 Å². The second-order valence-electron chi connectivity index (χ2n) is 25.4. The molecule has 2 rings (SSSR count). The second kappa shape index (κ2) is 56.2. The van der Waals surface area contributed by atoms with Crippen molar-refractivity contribution in [3.05, 3.63) is 36.5 Å². The monoisotopic (exact) mass is 1210 g/mol. The molecule has 12 unspecified atom stereocenters. The Morgan fingerprint density at radius 2 is 0.753 bits per heavy atom. The van der Waals surface area contributed by atoms with Crippen LogP contribution in [0.4, 0.5) is 0 Å². The largest absolute Gasteiger partial charge is 0.394 e. The Balaban J connectivity index is 1.53. The summed E-state index contributed by atoms with van der Waals surface area (Å²) in [6, 6.07) is -0.935. The maximum absolute atomic E-state index is 13.3. The molecular formula is C71H133NO13. The summed E-state index contributed by atoms with van der Waals surface area (Å²) >= 11 is 0. The molecule has 0 bridgehead atoms. The van der Waals surface area contributed by atoms with E-state index in [9.17, 15) is 45.6 Å². The van der Waals surface area contributed by atoms with Crippen LogP contribution >= 0.6 is 0 Å². The highest BCUT2D eigenvalue weighted by atomic mass is 16.7. The number of aliphatic hydroxyl groups is 8. The number of carbonyl (C=O) groups is 1. The third-order valence-electron chi connectivity index (χ3n) is 17.6. The zero-order valence-corrected chi connectivity index (χ0v) is 54.4. The van der Waals surface area contributed by atoms with Crippen LogP contribution in [0.3, 0.4) is 0 Å². The summed E-state index contributed by atoms with van der Waals surface area (Å²) in [5.41, 5.74) is 0. The van der Waals surface area contributed by atoms with Crippen molar-refractivity contribution in [2.45, 2.75) is 389 Å². The number of nitrogens with one attached hydrogen (secondary N) is 1. The first-order valence-corrected chi connectivity index (χ1v) is 35.7. The number of hydrogen-bond acceptors (Lipinski definition) is 13. The Labute approximate surface area is 519 Å². The summed E-state index contributed by atoms with van der Waals surface area (Å²) < 4.78 is 22.8. The van der Waals surface area contributed by atoms with E-state index < -0.39 is 86.8 Å². The molecule has 0 saturated carbocycles. The van der Waals surface area contributed by atoms with E-state index in [0.29, 0.717) is 12.8 Å². The van der Waals surface area contributed by atoms with E-state index in [4.69, 9.17) is 18.9 Å². The van der Waals surface area contributed by atoms with Crippen molar-refractivity contribution in [2.75, 3.05) is 19.8 Å². The summed E-state index contributed by atoms with van der Waals surface area (Å²) in [7, 11) is 0. The van der Waals surface area contributed by atoms with E-state index >= 15 is 0 Å². The van der Waals surface area contributed by atoms with Crippen molar-refractivity contribution in [1.29, 1.82) is 0 Å². The maximum atomic E-state index is 13.3. The lowest BCUT2D eigenvalue weighted by molar-refractivity contribution is -0.359. The van der Waals surface area contributed by atoms with Gasteiger partial charge in [0.2, 0.25) is 5.91 Å². The second-order valence-corrected chi connectivity index (χ2v) is 25.4. The predicted octanol–water partition coefficient (Wildman–Crippen LogP) is 14.5. The van der Waals surface area contributed by atoms with E-state index in [1.54, 1.807) is 6.08 Å². The topological polar surface area (TPSA) is 228 Å². The molecule has 0 aromatic carbocycles. The molecule has 85 heavy (non-hydrogen) atoms. The smallest absolute Gasteiger partial charge is 0.220 e. The molecule has 14 nitrogen and oxygen atoms in total. The van der Waals surface area contributed by atoms with E-state index in [1.807, 2.05) is 6.08 Å². The summed E-state index contributed by atoms with van der Waals surface area (Å²) in [5.74, 6) is -0.249. The summed E-state index contributed by atoms with van der Waals surface area (Å²) in [6.07, 6.45) is 55.5. The van der Waals surface area contributed by atoms with Gasteiger partial charge >= 0.3 is 0 Å². The van der Waals surface area contributed by atoms with Crippen LogP contribution in [0.1, 0.15) is 316 Å². The number of rotatable bonds is 59. The minimum Gasteiger partial charge on any atom is -0.394 e. The predicted molar refractivity (Wildman–Crippen MR) is 346 cm³/mol. The van der Waals surface area contributed by atoms with Gasteiger partial charge in [-0.2, -0.15) is 0 Å². The van der Waals surface area contributed by atoms with Crippen LogP contribution in [0.25, 0.3) is 0 Å². The SMILES string of the molecule is CCCC/C=C/CC/C=C/CC/C=C/C(O)C(COC1OC(CO)C(OC2OC(CO)C(O)C(O)C2O)C(O)C1O)NC(=O)CCCCCCCCCCCCCCCCCCCCCCCCCCCCCCCCCCCCCCCCC. The van der Waals surface area contributed by atoms with Gasteiger partial charge in [0.05, 0.1) is 32.0 Å². The van der Waals surface area contributed by atoms with Gasteiger partial charge in [-0.25, -0.2) is 0 Å². The molecule has 0 aliphatic carbocycles. The van der Waals surface area contributed by atoms with Gasteiger partial charge in [0.25, 0.3) is 0 Å². The molecule has 9 N–H and O–H groups in total. The molecule has 2 fully saturated rings. The number of carbonyl (C=O) groups excluding carboxylic acids is 1. The zero-order chi connectivity index (χ0) is 61.6. The van der Waals surface area contributed by atoms with Crippen molar-refractivity contribution in [3.8, 4) is 0 Å². The molecule has 14 heteroatoms. The number of hydrogen-bond donors (Lipinski definition) is 9. The average Bonchev–Trinajstić information content (AvgIpc) is 3.66. The molecule has 0 spiro atoms.